The zero-order valence-corrected chi connectivity index (χ0v) is 31.5. The van der Waals surface area contributed by atoms with E-state index in [9.17, 15) is 24.3 Å². The third-order valence-corrected chi connectivity index (χ3v) is 10.4. The first-order valence-corrected chi connectivity index (χ1v) is 18.7. The number of aromatic nitrogens is 4. The summed E-state index contributed by atoms with van der Waals surface area (Å²) in [6, 6.07) is 14.6. The number of carbonyl (C=O) groups excluding carboxylic acids is 4. The van der Waals surface area contributed by atoms with Crippen LogP contribution in [0.1, 0.15) is 77.1 Å². The number of rotatable bonds is 12. The summed E-state index contributed by atoms with van der Waals surface area (Å²) < 4.78 is 4.75. The number of alkyl carbamates (subject to hydrolysis) is 1. The van der Waals surface area contributed by atoms with Gasteiger partial charge in [0.25, 0.3) is 0 Å². The minimum absolute atomic E-state index is 0.107. The predicted molar refractivity (Wildman–Crippen MR) is 202 cm³/mol. The molecule has 4 atom stereocenters. The molecule has 2 aliphatic heterocycles. The van der Waals surface area contributed by atoms with Crippen molar-refractivity contribution in [3.05, 3.63) is 72.6 Å². The van der Waals surface area contributed by atoms with Crippen LogP contribution in [0.2, 0.25) is 0 Å². The predicted octanol–water partition coefficient (Wildman–Crippen LogP) is 4.97. The number of imidazole rings is 2. The van der Waals surface area contributed by atoms with E-state index in [4.69, 9.17) is 4.74 Å². The van der Waals surface area contributed by atoms with Crippen LogP contribution < -0.4 is 10.6 Å². The summed E-state index contributed by atoms with van der Waals surface area (Å²) in [5.74, 6) is 0.296. The van der Waals surface area contributed by atoms with E-state index in [2.05, 4.69) is 54.8 Å². The molecule has 4 amide bonds. The normalized spacial score (nSPS) is 18.2. The second-order valence-electron chi connectivity index (χ2n) is 14.7. The third kappa shape index (κ3) is 8.18. The van der Waals surface area contributed by atoms with Gasteiger partial charge in [0.1, 0.15) is 30.3 Å². The van der Waals surface area contributed by atoms with Gasteiger partial charge in [-0.3, -0.25) is 14.4 Å². The molecular formula is C40H50N8O6. The Bertz CT molecular complexity index is 1800. The number of carbonyl (C=O) groups is 4. The number of nitrogens with zero attached hydrogens (tertiary/aromatic N) is 4. The number of benzene rings is 2. The number of methoxy groups -OCH3 is 1. The highest BCUT2D eigenvalue weighted by Gasteiger charge is 2.38. The van der Waals surface area contributed by atoms with E-state index in [0.29, 0.717) is 18.9 Å². The van der Waals surface area contributed by atoms with E-state index in [1.165, 1.54) is 7.11 Å². The van der Waals surface area contributed by atoms with E-state index >= 15 is 0 Å². The number of amides is 4. The van der Waals surface area contributed by atoms with E-state index < -0.39 is 30.7 Å². The molecule has 54 heavy (non-hydrogen) atoms. The molecule has 2 fully saturated rings. The molecule has 5 N–H and O–H groups in total. The molecule has 0 spiro atoms. The monoisotopic (exact) mass is 738 g/mol. The molecule has 286 valence electrons. The van der Waals surface area contributed by atoms with Gasteiger partial charge in [0.05, 0.1) is 43.0 Å². The number of H-pyrrole nitrogens is 2. The number of aromatic amines is 2. The molecular weight excluding hydrogens is 688 g/mol. The zero-order valence-electron chi connectivity index (χ0n) is 31.5. The third-order valence-electron chi connectivity index (χ3n) is 10.4. The van der Waals surface area contributed by atoms with Gasteiger partial charge in [-0.25, -0.2) is 14.8 Å². The van der Waals surface area contributed by atoms with Gasteiger partial charge in [0, 0.05) is 13.1 Å². The SMILES string of the molecule is COC(=O)N[C@H](C(=O)N1CCCC1c1ncc(-c2ccc(-c3ccc(-c4cnc([C@H]5CCCN5C(=O)C(NC(=O)CO)C(C)C)[nH]4)cc3)cc2)[nH]1)C(C)C. The Hall–Kier alpha value is -5.50. The van der Waals surface area contributed by atoms with Gasteiger partial charge in [0.2, 0.25) is 17.7 Å². The van der Waals surface area contributed by atoms with Gasteiger partial charge in [-0.2, -0.15) is 0 Å². The molecule has 2 aromatic heterocycles. The molecule has 2 aliphatic rings. The fraction of sp³-hybridized carbons (Fsp3) is 0.450. The highest BCUT2D eigenvalue weighted by Crippen LogP contribution is 2.35. The van der Waals surface area contributed by atoms with Gasteiger partial charge < -0.3 is 40.2 Å². The van der Waals surface area contributed by atoms with Gasteiger partial charge in [-0.1, -0.05) is 76.2 Å². The average molecular weight is 739 g/mol. The van der Waals surface area contributed by atoms with Crippen LogP contribution >= 0.6 is 0 Å². The molecule has 0 saturated carbocycles. The fourth-order valence-electron chi connectivity index (χ4n) is 7.41. The van der Waals surface area contributed by atoms with Crippen LogP contribution in [0.5, 0.6) is 0 Å². The highest BCUT2D eigenvalue weighted by atomic mass is 16.5. The molecule has 2 unspecified atom stereocenters. The van der Waals surface area contributed by atoms with E-state index in [1.807, 2.05) is 52.0 Å². The molecule has 0 radical (unpaired) electrons. The summed E-state index contributed by atoms with van der Waals surface area (Å²) in [5.41, 5.74) is 5.73. The van der Waals surface area contributed by atoms with Crippen molar-refractivity contribution in [3.8, 4) is 33.6 Å². The lowest BCUT2D eigenvalue weighted by atomic mass is 10.0. The number of hydrogen-bond donors (Lipinski definition) is 5. The van der Waals surface area contributed by atoms with Crippen LogP contribution in [0.25, 0.3) is 33.6 Å². The summed E-state index contributed by atoms with van der Waals surface area (Å²) in [7, 11) is 1.29. The van der Waals surface area contributed by atoms with Crippen molar-refractivity contribution in [2.75, 3.05) is 26.8 Å². The van der Waals surface area contributed by atoms with Crippen LogP contribution in [0.3, 0.4) is 0 Å². The number of aliphatic hydroxyl groups excluding tert-OH is 1. The van der Waals surface area contributed by atoms with Crippen molar-refractivity contribution in [2.45, 2.75) is 77.5 Å². The maximum Gasteiger partial charge on any atom is 0.407 e. The lowest BCUT2D eigenvalue weighted by Gasteiger charge is -2.30. The Labute approximate surface area is 315 Å². The van der Waals surface area contributed by atoms with Crippen LogP contribution in [-0.2, 0) is 19.1 Å². The fourth-order valence-corrected chi connectivity index (χ4v) is 7.41. The van der Waals surface area contributed by atoms with Crippen molar-refractivity contribution < 1.29 is 29.0 Å². The smallest absolute Gasteiger partial charge is 0.407 e. The van der Waals surface area contributed by atoms with Crippen molar-refractivity contribution in [2.24, 2.45) is 11.8 Å². The quantitative estimate of drug-likeness (QED) is 0.135. The average Bonchev–Trinajstić information content (AvgIpc) is 4.02. The van der Waals surface area contributed by atoms with Gasteiger partial charge in [-0.05, 0) is 59.8 Å². The lowest BCUT2D eigenvalue weighted by Crippen LogP contribution is -2.51. The second-order valence-corrected chi connectivity index (χ2v) is 14.7. The minimum Gasteiger partial charge on any atom is -0.453 e. The summed E-state index contributed by atoms with van der Waals surface area (Å²) in [5, 5.41) is 14.6. The number of likely N-dealkylation sites (tertiary alicyclic amines) is 2. The standard InChI is InChI=1S/C40H50N8O6/c1-23(2)34(45-33(50)22-49)38(51)47-18-6-8-31(47)36-41-20-29(43-36)27-14-10-25(11-15-27)26-12-16-28(17-13-26)30-21-42-37(44-30)32-9-7-19-48(32)39(52)35(24(3)4)46-40(53)54-5/h10-17,20-21,23-24,31-32,34-35,49H,6-9,18-19,22H2,1-5H3,(H,41,43)(H,42,44)(H,45,50)(H,46,53)/t31-,32?,34?,35+/m1/s1. The van der Waals surface area contributed by atoms with Crippen LogP contribution in [0.4, 0.5) is 4.79 Å². The minimum atomic E-state index is -0.722. The van der Waals surface area contributed by atoms with Crippen LogP contribution in [0.15, 0.2) is 60.9 Å². The first-order chi connectivity index (χ1) is 26.0. The summed E-state index contributed by atoms with van der Waals surface area (Å²) >= 11 is 0. The Kier molecular flexibility index (Phi) is 11.8. The molecule has 2 aromatic carbocycles. The number of aliphatic hydroxyl groups is 1. The highest BCUT2D eigenvalue weighted by molar-refractivity contribution is 5.89. The first kappa shape index (κ1) is 38.2. The first-order valence-electron chi connectivity index (χ1n) is 18.7. The second kappa shape index (κ2) is 16.7. The molecule has 14 nitrogen and oxygen atoms in total. The van der Waals surface area contributed by atoms with Gasteiger partial charge in [-0.15, -0.1) is 0 Å². The molecule has 2 saturated heterocycles. The number of ether oxygens (including phenoxy) is 1. The molecule has 4 heterocycles. The van der Waals surface area contributed by atoms with Crippen molar-refractivity contribution in [1.82, 2.24) is 40.4 Å². The molecule has 4 aromatic rings. The van der Waals surface area contributed by atoms with E-state index in [-0.39, 0.29) is 35.7 Å². The Morgan fingerprint density at radius 2 is 1.13 bits per heavy atom. The largest absolute Gasteiger partial charge is 0.453 e. The molecule has 14 heteroatoms. The van der Waals surface area contributed by atoms with Gasteiger partial charge >= 0.3 is 6.09 Å². The topological polar surface area (TPSA) is 186 Å². The van der Waals surface area contributed by atoms with E-state index in [0.717, 1.165) is 65.1 Å². The zero-order chi connectivity index (χ0) is 38.5. The van der Waals surface area contributed by atoms with E-state index in [1.54, 1.807) is 22.2 Å². The Balaban J connectivity index is 1.11. The van der Waals surface area contributed by atoms with Crippen molar-refractivity contribution in [1.29, 1.82) is 0 Å². The molecule has 6 rings (SSSR count). The molecule has 0 aliphatic carbocycles. The Morgan fingerprint density at radius 3 is 1.52 bits per heavy atom. The number of hydrogen-bond acceptors (Lipinski definition) is 8. The Morgan fingerprint density at radius 1 is 0.722 bits per heavy atom. The van der Waals surface area contributed by atoms with Crippen LogP contribution in [0, 0.1) is 11.8 Å². The maximum atomic E-state index is 13.5. The van der Waals surface area contributed by atoms with Crippen molar-refractivity contribution >= 4 is 23.8 Å². The summed E-state index contributed by atoms with van der Waals surface area (Å²) in [4.78, 5) is 70.6. The molecule has 0 bridgehead atoms. The van der Waals surface area contributed by atoms with Gasteiger partial charge in [0.15, 0.2) is 0 Å². The maximum absolute atomic E-state index is 13.5. The van der Waals surface area contributed by atoms with Crippen molar-refractivity contribution in [3.63, 3.8) is 0 Å². The number of nitrogens with one attached hydrogen (secondary N) is 4. The summed E-state index contributed by atoms with van der Waals surface area (Å²) in [6.45, 7) is 8.04. The van der Waals surface area contributed by atoms with Crippen LogP contribution in [-0.4, -0.2) is 97.5 Å². The lowest BCUT2D eigenvalue weighted by molar-refractivity contribution is -0.139. The summed E-state index contributed by atoms with van der Waals surface area (Å²) in [6.07, 6.45) is 6.17.